The zero-order chi connectivity index (χ0) is 14.8. The fourth-order valence-electron chi connectivity index (χ4n) is 2.60. The number of rotatable bonds is 3. The van der Waals surface area contributed by atoms with Crippen molar-refractivity contribution in [2.75, 3.05) is 7.05 Å². The van der Waals surface area contributed by atoms with Gasteiger partial charge in [-0.3, -0.25) is 4.79 Å². The second-order valence-corrected chi connectivity index (χ2v) is 5.41. The summed E-state index contributed by atoms with van der Waals surface area (Å²) < 4.78 is 0. The van der Waals surface area contributed by atoms with Crippen molar-refractivity contribution in [2.45, 2.75) is 19.6 Å². The summed E-state index contributed by atoms with van der Waals surface area (Å²) in [4.78, 5) is 14.2. The Morgan fingerprint density at radius 1 is 1.14 bits per heavy atom. The normalized spacial score (nSPS) is 13.0. The fourth-order valence-corrected chi connectivity index (χ4v) is 2.60. The molecule has 0 bridgehead atoms. The van der Waals surface area contributed by atoms with Gasteiger partial charge >= 0.3 is 0 Å². The highest BCUT2D eigenvalue weighted by Gasteiger charge is 2.16. The van der Waals surface area contributed by atoms with Gasteiger partial charge < -0.3 is 15.3 Å². The number of aromatic hydroxyl groups is 1. The maximum Gasteiger partial charge on any atom is 0.253 e. The van der Waals surface area contributed by atoms with E-state index in [-0.39, 0.29) is 11.7 Å². The largest absolute Gasteiger partial charge is 0.508 e. The molecule has 3 rings (SSSR count). The molecule has 2 N–H and O–H groups in total. The molecule has 0 aromatic heterocycles. The Balaban J connectivity index is 1.73. The molecule has 1 amide bonds. The van der Waals surface area contributed by atoms with Crippen molar-refractivity contribution >= 4 is 5.91 Å². The number of benzene rings is 2. The van der Waals surface area contributed by atoms with Crippen molar-refractivity contribution in [3.63, 3.8) is 0 Å². The van der Waals surface area contributed by atoms with Gasteiger partial charge in [0.2, 0.25) is 0 Å². The Bertz CT molecular complexity index is 665. The zero-order valence-electron chi connectivity index (χ0n) is 12.0. The lowest BCUT2D eigenvalue weighted by Gasteiger charge is -2.18. The van der Waals surface area contributed by atoms with E-state index in [9.17, 15) is 9.90 Å². The molecule has 4 nitrogen and oxygen atoms in total. The average Bonchev–Trinajstić information content (AvgIpc) is 2.96. The Morgan fingerprint density at radius 3 is 2.62 bits per heavy atom. The molecule has 0 radical (unpaired) electrons. The maximum absolute atomic E-state index is 12.5. The van der Waals surface area contributed by atoms with Gasteiger partial charge in [-0.1, -0.05) is 18.2 Å². The van der Waals surface area contributed by atoms with Gasteiger partial charge in [0.25, 0.3) is 5.91 Å². The first-order chi connectivity index (χ1) is 10.1. The van der Waals surface area contributed by atoms with Gasteiger partial charge in [0.1, 0.15) is 5.75 Å². The van der Waals surface area contributed by atoms with E-state index in [4.69, 9.17) is 0 Å². The SMILES string of the molecule is CN(Cc1ccc(O)cc1)C(=O)c1ccc2c(c1)CNC2. The predicted molar refractivity (Wildman–Crippen MR) is 80.9 cm³/mol. The molecule has 0 aliphatic carbocycles. The quantitative estimate of drug-likeness (QED) is 0.908. The number of nitrogens with one attached hydrogen (secondary N) is 1. The Hall–Kier alpha value is -2.33. The number of carbonyl (C=O) groups excluding carboxylic acids is 1. The number of amides is 1. The van der Waals surface area contributed by atoms with Gasteiger partial charge in [-0.2, -0.15) is 0 Å². The third-order valence-corrected chi connectivity index (χ3v) is 3.79. The van der Waals surface area contributed by atoms with Gasteiger partial charge in [0, 0.05) is 32.2 Å². The summed E-state index contributed by atoms with van der Waals surface area (Å²) in [7, 11) is 1.79. The van der Waals surface area contributed by atoms with Gasteiger partial charge in [-0.05, 0) is 41.0 Å². The van der Waals surface area contributed by atoms with Gasteiger partial charge in [0.15, 0.2) is 0 Å². The van der Waals surface area contributed by atoms with Gasteiger partial charge in [-0.25, -0.2) is 0 Å². The lowest BCUT2D eigenvalue weighted by atomic mass is 10.1. The monoisotopic (exact) mass is 282 g/mol. The summed E-state index contributed by atoms with van der Waals surface area (Å²) in [6.07, 6.45) is 0. The van der Waals surface area contributed by atoms with Crippen LogP contribution in [-0.4, -0.2) is 23.0 Å². The summed E-state index contributed by atoms with van der Waals surface area (Å²) in [5.74, 6) is 0.247. The molecule has 21 heavy (non-hydrogen) atoms. The number of fused-ring (bicyclic) bond motifs is 1. The second-order valence-electron chi connectivity index (χ2n) is 5.41. The van der Waals surface area contributed by atoms with Crippen LogP contribution < -0.4 is 5.32 Å². The highest BCUT2D eigenvalue weighted by atomic mass is 16.3. The molecular weight excluding hydrogens is 264 g/mol. The zero-order valence-corrected chi connectivity index (χ0v) is 12.0. The third-order valence-electron chi connectivity index (χ3n) is 3.79. The van der Waals surface area contributed by atoms with E-state index in [1.807, 2.05) is 30.3 Å². The minimum Gasteiger partial charge on any atom is -0.508 e. The minimum atomic E-state index is 0.0118. The number of carbonyl (C=O) groups is 1. The lowest BCUT2D eigenvalue weighted by Crippen LogP contribution is -2.26. The number of phenolic OH excluding ortho intramolecular Hbond substituents is 1. The van der Waals surface area contributed by atoms with E-state index in [0.717, 1.165) is 24.2 Å². The van der Waals surface area contributed by atoms with E-state index in [0.29, 0.717) is 6.54 Å². The third kappa shape index (κ3) is 2.90. The summed E-state index contributed by atoms with van der Waals surface area (Å²) in [6, 6.07) is 12.8. The molecule has 0 saturated heterocycles. The number of nitrogens with zero attached hydrogens (tertiary/aromatic N) is 1. The number of hydrogen-bond acceptors (Lipinski definition) is 3. The van der Waals surface area contributed by atoms with Crippen LogP contribution in [0.25, 0.3) is 0 Å². The molecule has 1 aliphatic heterocycles. The molecule has 0 atom stereocenters. The minimum absolute atomic E-state index is 0.0118. The molecule has 1 heterocycles. The van der Waals surface area contributed by atoms with Crippen LogP contribution in [0.1, 0.15) is 27.0 Å². The second kappa shape index (κ2) is 5.58. The van der Waals surface area contributed by atoms with Crippen molar-refractivity contribution in [1.29, 1.82) is 0 Å². The Morgan fingerprint density at radius 2 is 1.86 bits per heavy atom. The van der Waals surface area contributed by atoms with Gasteiger partial charge in [-0.15, -0.1) is 0 Å². The van der Waals surface area contributed by atoms with E-state index >= 15 is 0 Å². The molecule has 2 aromatic carbocycles. The summed E-state index contributed by atoms with van der Waals surface area (Å²) in [5, 5.41) is 12.6. The molecule has 0 fully saturated rings. The van der Waals surface area contributed by atoms with Crippen LogP contribution in [-0.2, 0) is 19.6 Å². The van der Waals surface area contributed by atoms with Crippen LogP contribution in [0.5, 0.6) is 5.75 Å². The highest BCUT2D eigenvalue weighted by Crippen LogP contribution is 2.19. The standard InChI is InChI=1S/C17H18N2O2/c1-19(11-12-2-6-16(20)7-3-12)17(21)13-4-5-14-9-18-10-15(14)8-13/h2-8,18,20H,9-11H2,1H3. The van der Waals surface area contributed by atoms with Crippen LogP contribution in [0.15, 0.2) is 42.5 Å². The van der Waals surface area contributed by atoms with E-state index in [1.54, 1.807) is 24.1 Å². The van der Waals surface area contributed by atoms with Crippen molar-refractivity contribution in [2.24, 2.45) is 0 Å². The highest BCUT2D eigenvalue weighted by molar-refractivity contribution is 5.94. The van der Waals surface area contributed by atoms with Crippen molar-refractivity contribution in [1.82, 2.24) is 10.2 Å². The van der Waals surface area contributed by atoms with Crippen molar-refractivity contribution in [3.05, 3.63) is 64.7 Å². The van der Waals surface area contributed by atoms with Gasteiger partial charge in [0.05, 0.1) is 0 Å². The summed E-state index contributed by atoms with van der Waals surface area (Å²) in [5.41, 5.74) is 4.19. The fraction of sp³-hybridized carbons (Fsp3) is 0.235. The Labute approximate surface area is 124 Å². The molecule has 1 aliphatic rings. The molecule has 0 saturated carbocycles. The predicted octanol–water partition coefficient (Wildman–Crippen LogP) is 2.27. The topological polar surface area (TPSA) is 52.6 Å². The molecule has 4 heteroatoms. The smallest absolute Gasteiger partial charge is 0.253 e. The van der Waals surface area contributed by atoms with E-state index in [1.165, 1.54) is 11.1 Å². The first-order valence-electron chi connectivity index (χ1n) is 6.99. The van der Waals surface area contributed by atoms with E-state index in [2.05, 4.69) is 5.32 Å². The molecule has 2 aromatic rings. The van der Waals surface area contributed by atoms with Crippen LogP contribution in [0.2, 0.25) is 0 Å². The molecule has 0 spiro atoms. The van der Waals surface area contributed by atoms with Crippen LogP contribution in [0.4, 0.5) is 0 Å². The first kappa shape index (κ1) is 13.6. The Kier molecular flexibility index (Phi) is 3.62. The van der Waals surface area contributed by atoms with Crippen LogP contribution >= 0.6 is 0 Å². The number of hydrogen-bond donors (Lipinski definition) is 2. The first-order valence-corrected chi connectivity index (χ1v) is 6.99. The maximum atomic E-state index is 12.5. The van der Waals surface area contributed by atoms with Crippen molar-refractivity contribution < 1.29 is 9.90 Å². The lowest BCUT2D eigenvalue weighted by molar-refractivity contribution is 0.0785. The average molecular weight is 282 g/mol. The van der Waals surface area contributed by atoms with Crippen LogP contribution in [0, 0.1) is 0 Å². The van der Waals surface area contributed by atoms with Crippen LogP contribution in [0.3, 0.4) is 0 Å². The van der Waals surface area contributed by atoms with E-state index < -0.39 is 0 Å². The van der Waals surface area contributed by atoms with Crippen molar-refractivity contribution in [3.8, 4) is 5.75 Å². The summed E-state index contributed by atoms with van der Waals surface area (Å²) in [6.45, 7) is 2.24. The molecular formula is C17H18N2O2. The molecule has 0 unspecified atom stereocenters. The number of phenols is 1. The summed E-state index contributed by atoms with van der Waals surface area (Å²) >= 11 is 0. The molecule has 108 valence electrons.